The summed E-state index contributed by atoms with van der Waals surface area (Å²) in [5, 5.41) is 4.93. The monoisotopic (exact) mass is 285 g/mol. The largest absolute Gasteiger partial charge is 0.350 e. The first-order valence-electron chi connectivity index (χ1n) is 7.58. The number of aromatic nitrogens is 1. The Morgan fingerprint density at radius 1 is 1.29 bits per heavy atom. The smallest absolute Gasteiger partial charge is 0.270 e. The molecule has 1 aromatic carbocycles. The molecule has 1 atom stereocenters. The molecule has 4 nitrogen and oxygen atoms in total. The number of nitrogens with two attached hydrogens (primary N) is 1. The van der Waals surface area contributed by atoms with Gasteiger partial charge in [-0.25, -0.2) is 0 Å². The van der Waals surface area contributed by atoms with E-state index in [1.807, 2.05) is 30.3 Å². The van der Waals surface area contributed by atoms with Crippen LogP contribution in [0, 0.1) is 5.92 Å². The summed E-state index contributed by atoms with van der Waals surface area (Å²) >= 11 is 0. The first-order valence-corrected chi connectivity index (χ1v) is 7.58. The molecule has 0 aliphatic carbocycles. The quantitative estimate of drug-likeness (QED) is 0.822. The Hall–Kier alpha value is -1.94. The summed E-state index contributed by atoms with van der Waals surface area (Å²) in [6.07, 6.45) is 4.81. The van der Waals surface area contributed by atoms with E-state index in [0.717, 1.165) is 30.0 Å². The van der Waals surface area contributed by atoms with E-state index in [4.69, 9.17) is 5.73 Å². The topological polar surface area (TPSA) is 68.0 Å². The van der Waals surface area contributed by atoms with E-state index in [1.54, 1.807) is 6.20 Å². The second kappa shape index (κ2) is 7.74. The van der Waals surface area contributed by atoms with Crippen LogP contribution in [-0.4, -0.2) is 24.0 Å². The molecule has 2 aromatic rings. The minimum atomic E-state index is -0.107. The maximum atomic E-state index is 12.4. The summed E-state index contributed by atoms with van der Waals surface area (Å²) in [5.41, 5.74) is 6.12. The van der Waals surface area contributed by atoms with Gasteiger partial charge in [0.05, 0.1) is 0 Å². The van der Waals surface area contributed by atoms with Crippen LogP contribution in [0.5, 0.6) is 0 Å². The predicted molar refractivity (Wildman–Crippen MR) is 86.1 cm³/mol. The molecule has 1 unspecified atom stereocenters. The number of nitrogens with one attached hydrogen (secondary N) is 1. The third-order valence-electron chi connectivity index (χ3n) is 3.71. The molecule has 0 saturated heterocycles. The molecular weight excluding hydrogens is 262 g/mol. The Bertz CT molecular complexity index is 586. The third kappa shape index (κ3) is 4.02. The summed E-state index contributed by atoms with van der Waals surface area (Å²) < 4.78 is 0. The normalized spacial score (nSPS) is 12.3. The maximum absolute atomic E-state index is 12.4. The molecule has 112 valence electrons. The average Bonchev–Trinajstić information content (AvgIpc) is 2.52. The minimum absolute atomic E-state index is 0.107. The summed E-state index contributed by atoms with van der Waals surface area (Å²) in [5.74, 6) is 0.337. The molecule has 0 aliphatic rings. The van der Waals surface area contributed by atoms with Crippen molar-refractivity contribution >= 4 is 16.7 Å². The number of benzene rings is 1. The highest BCUT2D eigenvalue weighted by Crippen LogP contribution is 2.16. The fraction of sp³-hybridized carbons (Fsp3) is 0.412. The molecule has 0 saturated carbocycles. The molecule has 0 aliphatic heterocycles. The van der Waals surface area contributed by atoms with Crippen LogP contribution in [-0.2, 0) is 0 Å². The van der Waals surface area contributed by atoms with Gasteiger partial charge in [-0.1, -0.05) is 37.6 Å². The first-order chi connectivity index (χ1) is 10.3. The van der Waals surface area contributed by atoms with Gasteiger partial charge in [0.25, 0.3) is 5.91 Å². The number of carbonyl (C=O) groups excluding carboxylic acids is 1. The highest BCUT2D eigenvalue weighted by Gasteiger charge is 2.13. The summed E-state index contributed by atoms with van der Waals surface area (Å²) in [6, 6.07) is 9.72. The maximum Gasteiger partial charge on any atom is 0.270 e. The molecule has 1 heterocycles. The van der Waals surface area contributed by atoms with Crippen molar-refractivity contribution in [3.8, 4) is 0 Å². The predicted octanol–water partition coefficient (Wildman–Crippen LogP) is 2.73. The van der Waals surface area contributed by atoms with Crippen LogP contribution >= 0.6 is 0 Å². The van der Waals surface area contributed by atoms with Crippen LogP contribution in [0.4, 0.5) is 0 Å². The molecule has 1 aromatic heterocycles. The van der Waals surface area contributed by atoms with E-state index >= 15 is 0 Å². The van der Waals surface area contributed by atoms with Crippen molar-refractivity contribution in [3.05, 3.63) is 42.2 Å². The van der Waals surface area contributed by atoms with Gasteiger partial charge in [-0.15, -0.1) is 0 Å². The number of fused-ring (bicyclic) bond motifs is 1. The molecular formula is C17H23N3O. The number of hydrogen-bond acceptors (Lipinski definition) is 3. The number of hydrogen-bond donors (Lipinski definition) is 2. The molecule has 0 radical (unpaired) electrons. The van der Waals surface area contributed by atoms with Crippen LogP contribution in [0.3, 0.4) is 0 Å². The van der Waals surface area contributed by atoms with Crippen molar-refractivity contribution in [1.82, 2.24) is 10.3 Å². The van der Waals surface area contributed by atoms with E-state index in [2.05, 4.69) is 17.2 Å². The van der Waals surface area contributed by atoms with Crippen molar-refractivity contribution in [2.75, 3.05) is 13.1 Å². The molecule has 21 heavy (non-hydrogen) atoms. The average molecular weight is 285 g/mol. The van der Waals surface area contributed by atoms with Gasteiger partial charge in [0, 0.05) is 18.1 Å². The van der Waals surface area contributed by atoms with Crippen molar-refractivity contribution in [2.24, 2.45) is 11.7 Å². The zero-order valence-corrected chi connectivity index (χ0v) is 12.5. The molecule has 0 spiro atoms. The van der Waals surface area contributed by atoms with Gasteiger partial charge >= 0.3 is 0 Å². The van der Waals surface area contributed by atoms with Gasteiger partial charge in [0.1, 0.15) is 5.69 Å². The lowest BCUT2D eigenvalue weighted by atomic mass is 10.00. The van der Waals surface area contributed by atoms with E-state index in [1.165, 1.54) is 0 Å². The van der Waals surface area contributed by atoms with Crippen molar-refractivity contribution < 1.29 is 4.79 Å². The van der Waals surface area contributed by atoms with Crippen LogP contribution in [0.15, 0.2) is 36.5 Å². The number of rotatable bonds is 7. The fourth-order valence-corrected chi connectivity index (χ4v) is 2.61. The third-order valence-corrected chi connectivity index (χ3v) is 3.71. The van der Waals surface area contributed by atoms with Gasteiger partial charge in [-0.05, 0) is 36.8 Å². The Labute approximate surface area is 125 Å². The minimum Gasteiger partial charge on any atom is -0.350 e. The molecule has 4 heteroatoms. The first kappa shape index (κ1) is 15.4. The molecule has 0 bridgehead atoms. The summed E-state index contributed by atoms with van der Waals surface area (Å²) in [4.78, 5) is 16.6. The van der Waals surface area contributed by atoms with Gasteiger partial charge in [0.2, 0.25) is 0 Å². The summed E-state index contributed by atoms with van der Waals surface area (Å²) in [6.45, 7) is 3.47. The Balaban J connectivity index is 2.08. The highest BCUT2D eigenvalue weighted by molar-refractivity contribution is 6.05. The Morgan fingerprint density at radius 2 is 2.10 bits per heavy atom. The Morgan fingerprint density at radius 3 is 2.86 bits per heavy atom. The standard InChI is InChI=1S/C17H23N3O/c1-2-5-13(8-10-18)12-20-17(21)16-15-7-4-3-6-14(15)9-11-19-16/h3-4,6-7,9,11,13H,2,5,8,10,12,18H2,1H3,(H,20,21). The van der Waals surface area contributed by atoms with Crippen LogP contribution in [0.2, 0.25) is 0 Å². The van der Waals surface area contributed by atoms with Crippen molar-refractivity contribution in [1.29, 1.82) is 0 Å². The van der Waals surface area contributed by atoms with Crippen LogP contribution in [0.1, 0.15) is 36.7 Å². The highest BCUT2D eigenvalue weighted by atomic mass is 16.1. The van der Waals surface area contributed by atoms with Gasteiger partial charge in [-0.2, -0.15) is 0 Å². The van der Waals surface area contributed by atoms with Crippen molar-refractivity contribution in [2.45, 2.75) is 26.2 Å². The van der Waals surface area contributed by atoms with Crippen LogP contribution < -0.4 is 11.1 Å². The van der Waals surface area contributed by atoms with E-state index in [-0.39, 0.29) is 5.91 Å². The molecule has 3 N–H and O–H groups in total. The Kier molecular flexibility index (Phi) is 5.69. The lowest BCUT2D eigenvalue weighted by Gasteiger charge is -2.16. The van der Waals surface area contributed by atoms with Gasteiger partial charge in [0.15, 0.2) is 0 Å². The van der Waals surface area contributed by atoms with E-state index in [0.29, 0.717) is 24.7 Å². The second-order valence-corrected chi connectivity index (χ2v) is 5.32. The zero-order valence-electron chi connectivity index (χ0n) is 12.5. The number of carbonyl (C=O) groups is 1. The van der Waals surface area contributed by atoms with Crippen molar-refractivity contribution in [3.63, 3.8) is 0 Å². The number of amides is 1. The van der Waals surface area contributed by atoms with Crippen LogP contribution in [0.25, 0.3) is 10.8 Å². The van der Waals surface area contributed by atoms with E-state index in [9.17, 15) is 4.79 Å². The van der Waals surface area contributed by atoms with Gasteiger partial charge in [-0.3, -0.25) is 9.78 Å². The second-order valence-electron chi connectivity index (χ2n) is 5.32. The zero-order chi connectivity index (χ0) is 15.1. The number of nitrogens with zero attached hydrogens (tertiary/aromatic N) is 1. The lowest BCUT2D eigenvalue weighted by molar-refractivity contribution is 0.0942. The fourth-order valence-electron chi connectivity index (χ4n) is 2.61. The van der Waals surface area contributed by atoms with E-state index < -0.39 is 0 Å². The summed E-state index contributed by atoms with van der Waals surface area (Å²) in [7, 11) is 0. The number of pyridine rings is 1. The van der Waals surface area contributed by atoms with Gasteiger partial charge < -0.3 is 11.1 Å². The SMILES string of the molecule is CCCC(CCN)CNC(=O)c1nccc2ccccc12. The molecule has 0 fully saturated rings. The molecule has 2 rings (SSSR count). The lowest BCUT2D eigenvalue weighted by Crippen LogP contribution is -2.31. The molecule has 1 amide bonds.